The minimum absolute atomic E-state index is 0.134. The smallest absolute Gasteiger partial charge is 0.274 e. The zero-order valence-corrected chi connectivity index (χ0v) is 12.9. The second-order valence-corrected chi connectivity index (χ2v) is 5.22. The van der Waals surface area contributed by atoms with Crippen LogP contribution < -0.4 is 0 Å². The highest BCUT2D eigenvalue weighted by Gasteiger charge is 2.16. The Kier molecular flexibility index (Phi) is 5.58. The van der Waals surface area contributed by atoms with Gasteiger partial charge < -0.3 is 4.90 Å². The molecule has 1 amide bonds. The Labute approximate surface area is 130 Å². The summed E-state index contributed by atoms with van der Waals surface area (Å²) in [4.78, 5) is 22.5. The van der Waals surface area contributed by atoms with E-state index in [2.05, 4.69) is 9.97 Å². The number of nitrogens with zero attached hydrogens (tertiary/aromatic N) is 3. The third-order valence-corrected chi connectivity index (χ3v) is 3.34. The summed E-state index contributed by atoms with van der Waals surface area (Å²) in [5, 5.41) is 0. The number of carbonyl (C=O) groups is 1. The molecule has 2 aromatic rings. The predicted molar refractivity (Wildman–Crippen MR) is 83.1 cm³/mol. The molecule has 1 aromatic heterocycles. The maximum absolute atomic E-state index is 13.2. The lowest BCUT2D eigenvalue weighted by atomic mass is 10.1. The van der Waals surface area contributed by atoms with Crippen molar-refractivity contribution in [2.24, 2.45) is 0 Å². The highest BCUT2D eigenvalue weighted by molar-refractivity contribution is 5.92. The van der Waals surface area contributed by atoms with Crippen molar-refractivity contribution in [1.29, 1.82) is 0 Å². The van der Waals surface area contributed by atoms with Gasteiger partial charge in [-0.25, -0.2) is 9.37 Å². The van der Waals surface area contributed by atoms with Crippen LogP contribution in [0.1, 0.15) is 35.1 Å². The van der Waals surface area contributed by atoms with E-state index >= 15 is 0 Å². The average molecular weight is 301 g/mol. The minimum atomic E-state index is -0.254. The van der Waals surface area contributed by atoms with Gasteiger partial charge in [0.15, 0.2) is 0 Å². The van der Waals surface area contributed by atoms with Gasteiger partial charge in [0, 0.05) is 19.3 Å². The first-order valence-corrected chi connectivity index (χ1v) is 7.42. The van der Waals surface area contributed by atoms with Gasteiger partial charge in [-0.05, 0) is 37.5 Å². The van der Waals surface area contributed by atoms with Gasteiger partial charge in [0.25, 0.3) is 5.91 Å². The lowest BCUT2D eigenvalue weighted by molar-refractivity contribution is 0.0751. The molecule has 0 bridgehead atoms. The molecule has 0 saturated carbocycles. The molecule has 1 heterocycles. The maximum atomic E-state index is 13.2. The van der Waals surface area contributed by atoms with Crippen LogP contribution in [-0.2, 0) is 6.42 Å². The summed E-state index contributed by atoms with van der Waals surface area (Å²) >= 11 is 0. The standard InChI is InChI=1S/C17H20FN3O/c1-3-8-21(9-7-14-5-4-6-15(18)10-14)17(22)16-12-19-13(2)11-20-16/h4-6,10-12H,3,7-9H2,1-2H3. The van der Waals surface area contributed by atoms with E-state index < -0.39 is 0 Å². The largest absolute Gasteiger partial charge is 0.337 e. The van der Waals surface area contributed by atoms with Gasteiger partial charge in [-0.3, -0.25) is 9.78 Å². The van der Waals surface area contributed by atoms with Crippen molar-refractivity contribution < 1.29 is 9.18 Å². The first kappa shape index (κ1) is 16.1. The Hall–Kier alpha value is -2.30. The third-order valence-electron chi connectivity index (χ3n) is 3.34. The molecular weight excluding hydrogens is 281 g/mol. The molecular formula is C17H20FN3O. The summed E-state index contributed by atoms with van der Waals surface area (Å²) in [6.07, 6.45) is 4.56. The Bertz CT molecular complexity index is 628. The molecule has 2 rings (SSSR count). The summed E-state index contributed by atoms with van der Waals surface area (Å²) < 4.78 is 13.2. The molecule has 0 aliphatic rings. The lowest BCUT2D eigenvalue weighted by Gasteiger charge is -2.21. The van der Waals surface area contributed by atoms with Crippen LogP contribution in [0.15, 0.2) is 36.7 Å². The second-order valence-electron chi connectivity index (χ2n) is 5.22. The van der Waals surface area contributed by atoms with Gasteiger partial charge in [0.2, 0.25) is 0 Å². The molecule has 0 radical (unpaired) electrons. The molecule has 4 nitrogen and oxygen atoms in total. The Balaban J connectivity index is 2.05. The number of halogens is 1. The molecule has 0 unspecified atom stereocenters. The van der Waals surface area contributed by atoms with Crippen molar-refractivity contribution >= 4 is 5.91 Å². The highest BCUT2D eigenvalue weighted by atomic mass is 19.1. The van der Waals surface area contributed by atoms with Crippen molar-refractivity contribution in [3.63, 3.8) is 0 Å². The molecule has 0 aliphatic heterocycles. The lowest BCUT2D eigenvalue weighted by Crippen LogP contribution is -2.34. The van der Waals surface area contributed by atoms with E-state index in [1.807, 2.05) is 19.9 Å². The van der Waals surface area contributed by atoms with Gasteiger partial charge in [-0.15, -0.1) is 0 Å². The average Bonchev–Trinajstić information content (AvgIpc) is 2.51. The molecule has 0 N–H and O–H groups in total. The van der Waals surface area contributed by atoms with Crippen LogP contribution in [0.2, 0.25) is 0 Å². The van der Waals surface area contributed by atoms with Crippen LogP contribution in [0.25, 0.3) is 0 Å². The fourth-order valence-electron chi connectivity index (χ4n) is 2.21. The van der Waals surface area contributed by atoms with Crippen LogP contribution in [0, 0.1) is 12.7 Å². The number of carbonyl (C=O) groups excluding carboxylic acids is 1. The van der Waals surface area contributed by atoms with Gasteiger partial charge in [0.1, 0.15) is 11.5 Å². The number of amides is 1. The van der Waals surface area contributed by atoms with Crippen LogP contribution >= 0.6 is 0 Å². The topological polar surface area (TPSA) is 46.1 Å². The number of hydrogen-bond acceptors (Lipinski definition) is 3. The minimum Gasteiger partial charge on any atom is -0.337 e. The van der Waals surface area contributed by atoms with E-state index in [0.29, 0.717) is 25.2 Å². The van der Waals surface area contributed by atoms with Gasteiger partial charge in [-0.2, -0.15) is 0 Å². The molecule has 1 aromatic carbocycles. The van der Waals surface area contributed by atoms with E-state index in [0.717, 1.165) is 17.7 Å². The Morgan fingerprint density at radius 2 is 2.05 bits per heavy atom. The Morgan fingerprint density at radius 1 is 1.23 bits per heavy atom. The molecule has 0 atom stereocenters. The van der Waals surface area contributed by atoms with Crippen LogP contribution in [0.3, 0.4) is 0 Å². The SMILES string of the molecule is CCCN(CCc1cccc(F)c1)C(=O)c1cnc(C)cn1. The zero-order valence-electron chi connectivity index (χ0n) is 12.9. The number of hydrogen-bond donors (Lipinski definition) is 0. The van der Waals surface area contributed by atoms with E-state index in [4.69, 9.17) is 0 Å². The molecule has 0 spiro atoms. The molecule has 116 valence electrons. The van der Waals surface area contributed by atoms with Gasteiger partial charge in [0.05, 0.1) is 11.9 Å². The summed E-state index contributed by atoms with van der Waals surface area (Å²) in [6.45, 7) is 5.02. The number of benzene rings is 1. The highest BCUT2D eigenvalue weighted by Crippen LogP contribution is 2.08. The molecule has 22 heavy (non-hydrogen) atoms. The van der Waals surface area contributed by atoms with Crippen molar-refractivity contribution in [2.75, 3.05) is 13.1 Å². The third kappa shape index (κ3) is 4.35. The summed E-state index contributed by atoms with van der Waals surface area (Å²) in [5.74, 6) is -0.388. The predicted octanol–water partition coefficient (Wildman–Crippen LogP) is 3.02. The summed E-state index contributed by atoms with van der Waals surface area (Å²) in [7, 11) is 0. The van der Waals surface area contributed by atoms with Gasteiger partial charge in [-0.1, -0.05) is 19.1 Å². The van der Waals surface area contributed by atoms with Crippen LogP contribution in [0.5, 0.6) is 0 Å². The number of aromatic nitrogens is 2. The molecule has 0 saturated heterocycles. The first-order valence-electron chi connectivity index (χ1n) is 7.42. The van der Waals surface area contributed by atoms with E-state index in [1.165, 1.54) is 18.3 Å². The fraction of sp³-hybridized carbons (Fsp3) is 0.353. The Morgan fingerprint density at radius 3 is 2.68 bits per heavy atom. The maximum Gasteiger partial charge on any atom is 0.274 e. The molecule has 5 heteroatoms. The molecule has 0 fully saturated rings. The number of aryl methyl sites for hydroxylation is 1. The normalized spacial score (nSPS) is 10.5. The fourth-order valence-corrected chi connectivity index (χ4v) is 2.21. The van der Waals surface area contributed by atoms with E-state index in [1.54, 1.807) is 17.2 Å². The van der Waals surface area contributed by atoms with Gasteiger partial charge >= 0.3 is 0 Å². The quantitative estimate of drug-likeness (QED) is 0.824. The zero-order chi connectivity index (χ0) is 15.9. The van der Waals surface area contributed by atoms with Crippen molar-refractivity contribution in [3.05, 3.63) is 59.4 Å². The summed E-state index contributed by atoms with van der Waals surface area (Å²) in [6, 6.07) is 6.46. The van der Waals surface area contributed by atoms with E-state index in [9.17, 15) is 9.18 Å². The van der Waals surface area contributed by atoms with Crippen molar-refractivity contribution in [3.8, 4) is 0 Å². The second kappa shape index (κ2) is 7.64. The van der Waals surface area contributed by atoms with Crippen molar-refractivity contribution in [1.82, 2.24) is 14.9 Å². The molecule has 0 aliphatic carbocycles. The summed E-state index contributed by atoms with van der Waals surface area (Å²) in [5.41, 5.74) is 2.00. The van der Waals surface area contributed by atoms with Crippen LogP contribution in [0.4, 0.5) is 4.39 Å². The monoisotopic (exact) mass is 301 g/mol. The van der Waals surface area contributed by atoms with E-state index in [-0.39, 0.29) is 11.7 Å². The van der Waals surface area contributed by atoms with Crippen LogP contribution in [-0.4, -0.2) is 33.9 Å². The first-order chi connectivity index (χ1) is 10.6. The van der Waals surface area contributed by atoms with Crippen molar-refractivity contribution in [2.45, 2.75) is 26.7 Å². The number of rotatable bonds is 6.